The van der Waals surface area contributed by atoms with Crippen LogP contribution in [0, 0.1) is 5.92 Å². The molecule has 2 heterocycles. The molecule has 0 spiro atoms. The summed E-state index contributed by atoms with van der Waals surface area (Å²) < 4.78 is 0. The number of aryl methyl sites for hydroxylation is 2. The van der Waals surface area contributed by atoms with E-state index in [4.69, 9.17) is 4.98 Å². The number of rotatable bonds is 4. The van der Waals surface area contributed by atoms with Gasteiger partial charge in [0.1, 0.15) is 5.01 Å². The molecule has 1 aliphatic heterocycles. The third-order valence-corrected chi connectivity index (χ3v) is 6.26. The average Bonchev–Trinajstić information content (AvgIpc) is 3.01. The molecule has 4 heteroatoms. The summed E-state index contributed by atoms with van der Waals surface area (Å²) in [5.74, 6) is 3.41. The van der Waals surface area contributed by atoms with Crippen LogP contribution >= 0.6 is 23.1 Å². The predicted octanol–water partition coefficient (Wildman–Crippen LogP) is 3.42. The fraction of sp³-hybridized carbons (Fsp3) is 0.786. The van der Waals surface area contributed by atoms with Crippen molar-refractivity contribution in [3.63, 3.8) is 0 Å². The second-order valence-electron chi connectivity index (χ2n) is 5.70. The lowest BCUT2D eigenvalue weighted by Gasteiger charge is -2.24. The smallest absolute Gasteiger partial charge is 0.110 e. The van der Waals surface area contributed by atoms with Gasteiger partial charge >= 0.3 is 0 Å². The van der Waals surface area contributed by atoms with Gasteiger partial charge in [0.05, 0.1) is 11.7 Å². The van der Waals surface area contributed by atoms with Gasteiger partial charge < -0.3 is 5.32 Å². The van der Waals surface area contributed by atoms with Crippen molar-refractivity contribution in [3.05, 3.63) is 15.6 Å². The highest BCUT2D eigenvalue weighted by atomic mass is 32.2. The van der Waals surface area contributed by atoms with Gasteiger partial charge in [-0.3, -0.25) is 0 Å². The standard InChI is InChI=1S/C14H22N2S2/c1-9(2)15-13(10-6-7-17-8-10)14-16-11-4-3-5-12(11)18-14/h9-10,13,15H,3-8H2,1-2H3. The van der Waals surface area contributed by atoms with E-state index in [0.717, 1.165) is 5.92 Å². The minimum atomic E-state index is 0.496. The predicted molar refractivity (Wildman–Crippen MR) is 80.6 cm³/mol. The van der Waals surface area contributed by atoms with Crippen LogP contribution in [0.5, 0.6) is 0 Å². The molecule has 18 heavy (non-hydrogen) atoms. The number of thiazole rings is 1. The molecule has 0 bridgehead atoms. The Hall–Kier alpha value is -0.0600. The molecule has 1 aromatic rings. The molecular formula is C14H22N2S2. The van der Waals surface area contributed by atoms with Crippen molar-refractivity contribution in [2.24, 2.45) is 5.92 Å². The Bertz CT molecular complexity index is 386. The molecule has 1 aromatic heterocycles. The van der Waals surface area contributed by atoms with Gasteiger partial charge in [-0.15, -0.1) is 11.3 Å². The lowest BCUT2D eigenvalue weighted by atomic mass is 9.99. The summed E-state index contributed by atoms with van der Waals surface area (Å²) in [4.78, 5) is 6.50. The Labute approximate surface area is 118 Å². The molecule has 1 saturated heterocycles. The topological polar surface area (TPSA) is 24.9 Å². The van der Waals surface area contributed by atoms with Crippen molar-refractivity contribution in [2.45, 2.75) is 51.6 Å². The Balaban J connectivity index is 1.82. The van der Waals surface area contributed by atoms with E-state index in [1.165, 1.54) is 47.9 Å². The zero-order valence-electron chi connectivity index (χ0n) is 11.2. The van der Waals surface area contributed by atoms with Crippen LogP contribution in [0.2, 0.25) is 0 Å². The highest BCUT2D eigenvalue weighted by Gasteiger charge is 2.30. The lowest BCUT2D eigenvalue weighted by Crippen LogP contribution is -2.33. The molecule has 0 aromatic carbocycles. The minimum absolute atomic E-state index is 0.496. The van der Waals surface area contributed by atoms with Gasteiger partial charge in [-0.25, -0.2) is 4.98 Å². The van der Waals surface area contributed by atoms with E-state index >= 15 is 0 Å². The third kappa shape index (κ3) is 2.61. The first-order chi connectivity index (χ1) is 8.74. The van der Waals surface area contributed by atoms with E-state index in [2.05, 4.69) is 30.9 Å². The monoisotopic (exact) mass is 282 g/mol. The zero-order valence-corrected chi connectivity index (χ0v) is 12.9. The molecule has 0 radical (unpaired) electrons. The van der Waals surface area contributed by atoms with Crippen LogP contribution in [0.4, 0.5) is 0 Å². The second kappa shape index (κ2) is 5.51. The number of hydrogen-bond donors (Lipinski definition) is 1. The van der Waals surface area contributed by atoms with Crippen molar-refractivity contribution in [1.29, 1.82) is 0 Å². The normalized spacial score (nSPS) is 24.7. The van der Waals surface area contributed by atoms with Crippen LogP contribution in [-0.4, -0.2) is 22.5 Å². The number of aromatic nitrogens is 1. The van der Waals surface area contributed by atoms with Gasteiger partial charge in [0.2, 0.25) is 0 Å². The Morgan fingerprint density at radius 3 is 2.89 bits per heavy atom. The van der Waals surface area contributed by atoms with Gasteiger partial charge in [-0.2, -0.15) is 11.8 Å². The Morgan fingerprint density at radius 1 is 1.33 bits per heavy atom. The van der Waals surface area contributed by atoms with Crippen LogP contribution in [0.15, 0.2) is 0 Å². The van der Waals surface area contributed by atoms with Crippen molar-refractivity contribution in [3.8, 4) is 0 Å². The quantitative estimate of drug-likeness (QED) is 0.916. The molecular weight excluding hydrogens is 260 g/mol. The summed E-state index contributed by atoms with van der Waals surface area (Å²) in [5, 5.41) is 5.12. The highest BCUT2D eigenvalue weighted by molar-refractivity contribution is 7.99. The third-order valence-electron chi connectivity index (χ3n) is 3.83. The molecule has 0 saturated carbocycles. The van der Waals surface area contributed by atoms with Crippen LogP contribution in [0.1, 0.15) is 48.3 Å². The van der Waals surface area contributed by atoms with E-state index in [1.807, 2.05) is 11.3 Å². The van der Waals surface area contributed by atoms with E-state index in [0.29, 0.717) is 12.1 Å². The molecule has 2 aliphatic rings. The fourth-order valence-corrected chi connectivity index (χ4v) is 5.53. The lowest BCUT2D eigenvalue weighted by molar-refractivity contribution is 0.364. The summed E-state index contributed by atoms with van der Waals surface area (Å²) in [6.07, 6.45) is 5.13. The van der Waals surface area contributed by atoms with E-state index in [1.54, 1.807) is 4.88 Å². The largest absolute Gasteiger partial charge is 0.305 e. The van der Waals surface area contributed by atoms with Crippen LogP contribution in [0.25, 0.3) is 0 Å². The number of hydrogen-bond acceptors (Lipinski definition) is 4. The summed E-state index contributed by atoms with van der Waals surface area (Å²) in [6, 6.07) is 1.04. The highest BCUT2D eigenvalue weighted by Crippen LogP contribution is 2.38. The van der Waals surface area contributed by atoms with Crippen molar-refractivity contribution in [2.75, 3.05) is 11.5 Å². The van der Waals surface area contributed by atoms with Crippen molar-refractivity contribution in [1.82, 2.24) is 10.3 Å². The summed E-state index contributed by atoms with van der Waals surface area (Å²) >= 11 is 4.08. The summed E-state index contributed by atoms with van der Waals surface area (Å²) in [5.41, 5.74) is 1.40. The molecule has 3 rings (SSSR count). The van der Waals surface area contributed by atoms with Gasteiger partial charge in [-0.05, 0) is 43.1 Å². The minimum Gasteiger partial charge on any atom is -0.305 e. The SMILES string of the molecule is CC(C)NC(c1nc2c(s1)CCC2)C1CCSC1. The molecule has 2 nitrogen and oxygen atoms in total. The van der Waals surface area contributed by atoms with Crippen LogP contribution in [-0.2, 0) is 12.8 Å². The fourth-order valence-electron chi connectivity index (χ4n) is 2.93. The van der Waals surface area contributed by atoms with E-state index in [9.17, 15) is 0 Å². The van der Waals surface area contributed by atoms with E-state index in [-0.39, 0.29) is 0 Å². The van der Waals surface area contributed by atoms with Gasteiger partial charge in [0.15, 0.2) is 0 Å². The van der Waals surface area contributed by atoms with E-state index < -0.39 is 0 Å². The Kier molecular flexibility index (Phi) is 3.97. The average molecular weight is 282 g/mol. The summed E-state index contributed by atoms with van der Waals surface area (Å²) in [7, 11) is 0. The maximum Gasteiger partial charge on any atom is 0.110 e. The first-order valence-electron chi connectivity index (χ1n) is 7.06. The van der Waals surface area contributed by atoms with Gasteiger partial charge in [0.25, 0.3) is 0 Å². The molecule has 2 unspecified atom stereocenters. The number of nitrogens with one attached hydrogen (secondary N) is 1. The first-order valence-corrected chi connectivity index (χ1v) is 9.03. The molecule has 100 valence electrons. The van der Waals surface area contributed by atoms with Crippen molar-refractivity contribution < 1.29 is 0 Å². The molecule has 0 amide bonds. The molecule has 2 atom stereocenters. The molecule has 1 N–H and O–H groups in total. The maximum atomic E-state index is 4.94. The van der Waals surface area contributed by atoms with Crippen molar-refractivity contribution >= 4 is 23.1 Å². The zero-order chi connectivity index (χ0) is 12.5. The van der Waals surface area contributed by atoms with Gasteiger partial charge in [0, 0.05) is 10.9 Å². The van der Waals surface area contributed by atoms with Gasteiger partial charge in [-0.1, -0.05) is 13.8 Å². The van der Waals surface area contributed by atoms with Crippen LogP contribution in [0.3, 0.4) is 0 Å². The summed E-state index contributed by atoms with van der Waals surface area (Å²) in [6.45, 7) is 4.49. The Morgan fingerprint density at radius 2 is 2.22 bits per heavy atom. The maximum absolute atomic E-state index is 4.94. The number of fused-ring (bicyclic) bond motifs is 1. The molecule has 1 fully saturated rings. The molecule has 1 aliphatic carbocycles. The second-order valence-corrected chi connectivity index (χ2v) is 7.96. The number of nitrogens with zero attached hydrogens (tertiary/aromatic N) is 1. The first kappa shape index (κ1) is 12.9. The number of thioether (sulfide) groups is 1. The van der Waals surface area contributed by atoms with Crippen LogP contribution < -0.4 is 5.32 Å².